The number of aryl methyl sites for hydroxylation is 2. The summed E-state index contributed by atoms with van der Waals surface area (Å²) in [4.78, 5) is 39.2. The molecule has 1 spiro atoms. The van der Waals surface area contributed by atoms with Crippen molar-refractivity contribution in [3.63, 3.8) is 0 Å². The van der Waals surface area contributed by atoms with Crippen molar-refractivity contribution in [2.75, 3.05) is 11.9 Å². The fraction of sp³-hybridized carbons (Fsp3) is 0.522. The molecule has 7 nitrogen and oxygen atoms in total. The Morgan fingerprint density at radius 3 is 2.80 bits per heavy atom. The van der Waals surface area contributed by atoms with Gasteiger partial charge in [-0.25, -0.2) is 4.79 Å². The summed E-state index contributed by atoms with van der Waals surface area (Å²) in [5.41, 5.74) is 2.14. The maximum atomic E-state index is 13.0. The highest BCUT2D eigenvalue weighted by Crippen LogP contribution is 2.38. The molecule has 2 atom stereocenters. The third kappa shape index (κ3) is 3.36. The molecule has 2 fully saturated rings. The molecule has 2 aliphatic rings. The van der Waals surface area contributed by atoms with E-state index in [1.165, 1.54) is 5.69 Å². The monoisotopic (exact) mass is 410 g/mol. The molecule has 1 aliphatic carbocycles. The molecule has 1 aromatic heterocycles. The first-order chi connectivity index (χ1) is 14.4. The second-order valence-corrected chi connectivity index (χ2v) is 8.70. The predicted octanol–water partition coefficient (Wildman–Crippen LogP) is 3.80. The van der Waals surface area contributed by atoms with Gasteiger partial charge >= 0.3 is 6.03 Å². The van der Waals surface area contributed by atoms with Gasteiger partial charge in [-0.15, -0.1) is 0 Å². The van der Waals surface area contributed by atoms with E-state index in [2.05, 4.69) is 35.1 Å². The Bertz CT molecular complexity index is 1010. The summed E-state index contributed by atoms with van der Waals surface area (Å²) in [5.74, 6) is -0.561. The molecule has 7 heteroatoms. The molecule has 4 rings (SSSR count). The second-order valence-electron chi connectivity index (χ2n) is 8.70. The molecule has 2 N–H and O–H groups in total. The normalized spacial score (nSPS) is 24.0. The Morgan fingerprint density at radius 1 is 1.27 bits per heavy atom. The van der Waals surface area contributed by atoms with Crippen LogP contribution in [-0.4, -0.2) is 39.4 Å². The average molecular weight is 411 g/mol. The molecule has 0 bridgehead atoms. The summed E-state index contributed by atoms with van der Waals surface area (Å²) in [5, 5.41) is 6.79. The van der Waals surface area contributed by atoms with Crippen LogP contribution in [0.2, 0.25) is 0 Å². The number of carbonyl (C=O) groups excluding carboxylic acids is 3. The van der Waals surface area contributed by atoms with E-state index in [-0.39, 0.29) is 24.3 Å². The van der Waals surface area contributed by atoms with Crippen LogP contribution in [0.1, 0.15) is 51.6 Å². The van der Waals surface area contributed by atoms with Crippen LogP contribution < -0.4 is 10.6 Å². The van der Waals surface area contributed by atoms with Crippen LogP contribution in [0.5, 0.6) is 0 Å². The number of hydrogen-bond donors (Lipinski definition) is 2. The topological polar surface area (TPSA) is 83.4 Å². The van der Waals surface area contributed by atoms with Crippen LogP contribution in [0.15, 0.2) is 24.3 Å². The summed E-state index contributed by atoms with van der Waals surface area (Å²) >= 11 is 0. The van der Waals surface area contributed by atoms with Crippen molar-refractivity contribution in [3.05, 3.63) is 30.0 Å². The van der Waals surface area contributed by atoms with Crippen LogP contribution in [0.25, 0.3) is 10.9 Å². The maximum absolute atomic E-state index is 13.0. The van der Waals surface area contributed by atoms with Crippen LogP contribution >= 0.6 is 0 Å². The van der Waals surface area contributed by atoms with Gasteiger partial charge in [-0.05, 0) is 56.4 Å². The first-order valence-corrected chi connectivity index (χ1v) is 10.9. The number of hydrogen-bond acceptors (Lipinski definition) is 3. The number of imide groups is 1. The Morgan fingerprint density at radius 2 is 2.07 bits per heavy atom. The van der Waals surface area contributed by atoms with Gasteiger partial charge in [0.2, 0.25) is 5.91 Å². The van der Waals surface area contributed by atoms with Gasteiger partial charge in [0.15, 0.2) is 0 Å². The van der Waals surface area contributed by atoms with Gasteiger partial charge in [-0.2, -0.15) is 0 Å². The molecule has 1 aliphatic heterocycles. The second kappa shape index (κ2) is 7.78. The van der Waals surface area contributed by atoms with Crippen LogP contribution in [0, 0.1) is 12.8 Å². The standard InChI is InChI=1S/C23H30N4O3/c1-4-11-26-16(3)12-17-13-18(8-9-19(17)26)24-20(28)14-27-21(29)23(25-22(27)30)10-6-5-7-15(23)2/h8-9,12-13,15H,4-7,10-11,14H2,1-3H3,(H,24,28)(H,25,30)/t15-,23+/m0/s1. The molecule has 0 unspecified atom stereocenters. The Labute approximate surface area is 176 Å². The fourth-order valence-corrected chi connectivity index (χ4v) is 4.99. The van der Waals surface area contributed by atoms with E-state index < -0.39 is 11.6 Å². The van der Waals surface area contributed by atoms with E-state index in [0.29, 0.717) is 12.1 Å². The molecule has 4 amide bonds. The lowest BCUT2D eigenvalue weighted by molar-refractivity contribution is -0.136. The highest BCUT2D eigenvalue weighted by molar-refractivity contribution is 6.10. The minimum absolute atomic E-state index is 0.0774. The van der Waals surface area contributed by atoms with Gasteiger partial charge in [0, 0.05) is 28.8 Å². The van der Waals surface area contributed by atoms with E-state index in [1.54, 1.807) is 0 Å². The Kier molecular flexibility index (Phi) is 5.30. The lowest BCUT2D eigenvalue weighted by atomic mass is 9.73. The van der Waals surface area contributed by atoms with Gasteiger partial charge in [0.1, 0.15) is 12.1 Å². The smallest absolute Gasteiger partial charge is 0.325 e. The first kappa shape index (κ1) is 20.4. The van der Waals surface area contributed by atoms with Gasteiger partial charge in [0.05, 0.1) is 0 Å². The van der Waals surface area contributed by atoms with Gasteiger partial charge in [0.25, 0.3) is 5.91 Å². The van der Waals surface area contributed by atoms with Gasteiger partial charge < -0.3 is 15.2 Å². The average Bonchev–Trinajstić information content (AvgIpc) is 3.13. The van der Waals surface area contributed by atoms with Crippen molar-refractivity contribution in [1.82, 2.24) is 14.8 Å². The molecule has 0 radical (unpaired) electrons. The SMILES string of the molecule is CCCn1c(C)cc2cc(NC(=O)CN3C(=O)N[C@@]4(CCCC[C@@H]4C)C3=O)ccc21. The van der Waals surface area contributed by atoms with Crippen LogP contribution in [0.3, 0.4) is 0 Å². The number of benzene rings is 1. The lowest BCUT2D eigenvalue weighted by Crippen LogP contribution is -2.54. The minimum Gasteiger partial charge on any atom is -0.345 e. The number of nitrogens with zero attached hydrogens (tertiary/aromatic N) is 2. The van der Waals surface area contributed by atoms with Crippen molar-refractivity contribution in [3.8, 4) is 0 Å². The number of carbonyl (C=O) groups is 3. The lowest BCUT2D eigenvalue weighted by Gasteiger charge is -2.36. The molecule has 1 saturated carbocycles. The fourth-order valence-electron chi connectivity index (χ4n) is 4.99. The highest BCUT2D eigenvalue weighted by Gasteiger charge is 2.55. The molecule has 160 valence electrons. The zero-order valence-electron chi connectivity index (χ0n) is 18.0. The van der Waals surface area contributed by atoms with Gasteiger partial charge in [-0.1, -0.05) is 26.7 Å². The summed E-state index contributed by atoms with van der Waals surface area (Å²) in [6.45, 7) is 6.91. The number of rotatable bonds is 5. The minimum atomic E-state index is -0.839. The highest BCUT2D eigenvalue weighted by atomic mass is 16.2. The van der Waals surface area contributed by atoms with Crippen molar-refractivity contribution in [2.45, 2.75) is 65.0 Å². The molecule has 1 aromatic carbocycles. The van der Waals surface area contributed by atoms with E-state index >= 15 is 0 Å². The zero-order valence-corrected chi connectivity index (χ0v) is 18.0. The van der Waals surface area contributed by atoms with Crippen molar-refractivity contribution >= 4 is 34.4 Å². The van der Waals surface area contributed by atoms with E-state index in [1.807, 2.05) is 25.1 Å². The van der Waals surface area contributed by atoms with E-state index in [9.17, 15) is 14.4 Å². The molecule has 1 saturated heterocycles. The molecule has 2 aromatic rings. The third-order valence-corrected chi connectivity index (χ3v) is 6.64. The first-order valence-electron chi connectivity index (χ1n) is 10.9. The summed E-state index contributed by atoms with van der Waals surface area (Å²) < 4.78 is 2.26. The van der Waals surface area contributed by atoms with Gasteiger partial charge in [-0.3, -0.25) is 14.5 Å². The number of aromatic nitrogens is 1. The zero-order chi connectivity index (χ0) is 21.5. The summed E-state index contributed by atoms with van der Waals surface area (Å²) in [7, 11) is 0. The summed E-state index contributed by atoms with van der Waals surface area (Å²) in [6, 6.07) is 7.43. The largest absolute Gasteiger partial charge is 0.345 e. The number of fused-ring (bicyclic) bond motifs is 1. The van der Waals surface area contributed by atoms with Crippen molar-refractivity contribution < 1.29 is 14.4 Å². The van der Waals surface area contributed by atoms with E-state index in [0.717, 1.165) is 48.0 Å². The number of urea groups is 1. The number of amides is 4. The molecular formula is C23H30N4O3. The Hall–Kier alpha value is -2.83. The summed E-state index contributed by atoms with van der Waals surface area (Å²) in [6.07, 6.45) is 4.57. The van der Waals surface area contributed by atoms with E-state index in [4.69, 9.17) is 0 Å². The quantitative estimate of drug-likeness (QED) is 0.736. The molecule has 2 heterocycles. The van der Waals surface area contributed by atoms with Crippen LogP contribution in [-0.2, 0) is 16.1 Å². The molecular weight excluding hydrogens is 380 g/mol. The number of nitrogens with one attached hydrogen (secondary N) is 2. The maximum Gasteiger partial charge on any atom is 0.325 e. The third-order valence-electron chi connectivity index (χ3n) is 6.64. The Balaban J connectivity index is 1.47. The predicted molar refractivity (Wildman–Crippen MR) is 116 cm³/mol. The van der Waals surface area contributed by atoms with Crippen LogP contribution in [0.4, 0.5) is 10.5 Å². The number of anilines is 1. The molecule has 30 heavy (non-hydrogen) atoms. The van der Waals surface area contributed by atoms with Crippen molar-refractivity contribution in [1.29, 1.82) is 0 Å². The van der Waals surface area contributed by atoms with Crippen molar-refractivity contribution in [2.24, 2.45) is 5.92 Å².